The number of anilines is 5. The highest BCUT2D eigenvalue weighted by molar-refractivity contribution is 7.23. The Hall–Kier alpha value is -10.6. The first-order chi connectivity index (χ1) is 65.1. The number of carbonyl (C=O) groups is 7. The predicted octanol–water partition coefficient (Wildman–Crippen LogP) is 15.8. The summed E-state index contributed by atoms with van der Waals surface area (Å²) in [5.41, 5.74) is 15.3. The summed E-state index contributed by atoms with van der Waals surface area (Å²) in [6.07, 6.45) is 1.66. The summed E-state index contributed by atoms with van der Waals surface area (Å²) >= 11 is 37.7. The van der Waals surface area contributed by atoms with Crippen LogP contribution >= 0.6 is 115 Å². The van der Waals surface area contributed by atoms with Gasteiger partial charge in [-0.05, 0) is 135 Å². The van der Waals surface area contributed by atoms with Gasteiger partial charge in [0.15, 0.2) is 10.9 Å². The molecule has 14 heterocycles. The highest BCUT2D eigenvalue weighted by Gasteiger charge is 2.43. The van der Waals surface area contributed by atoms with Crippen molar-refractivity contribution in [1.29, 1.82) is 0 Å². The number of aliphatic hydroxyl groups excluding tert-OH is 1. The Morgan fingerprint density at radius 2 is 1.12 bits per heavy atom. The average Bonchev–Trinajstić information content (AvgIpc) is 1.59. The molecule has 38 heteroatoms. The topological polar surface area (TPSA) is 338 Å². The highest BCUT2D eigenvalue weighted by atomic mass is 35.5. The zero-order valence-corrected chi connectivity index (χ0v) is 80.4. The molecule has 0 bridgehead atoms. The number of hydrogen-bond acceptors (Lipinski definition) is 25. The van der Waals surface area contributed by atoms with Gasteiger partial charge in [0.05, 0.1) is 140 Å². The van der Waals surface area contributed by atoms with E-state index in [9.17, 15) is 38.4 Å². The molecule has 5 atom stereocenters. The summed E-state index contributed by atoms with van der Waals surface area (Å²) in [6.45, 7) is 23.3. The fourth-order valence-corrected chi connectivity index (χ4v) is 24.2. The molecule has 3 unspecified atom stereocenters. The Morgan fingerprint density at radius 3 is 1.73 bits per heavy atom. The molecule has 21 rings (SSSR count). The number of halogens is 5. The molecule has 8 aliphatic heterocycles. The molecule has 696 valence electrons. The quantitative estimate of drug-likeness (QED) is 0.0329. The lowest BCUT2D eigenvalue weighted by Crippen LogP contribution is -2.53. The molecule has 6 aromatic heterocycles. The van der Waals surface area contributed by atoms with Gasteiger partial charge in [0, 0.05) is 143 Å². The first kappa shape index (κ1) is 95.1. The molecule has 5 fully saturated rings. The number of carbonyl (C=O) groups excluding carboxylic acids is 7. The number of morpholine rings is 5. The van der Waals surface area contributed by atoms with Crippen molar-refractivity contribution >= 4 is 208 Å². The number of thiazole rings is 1. The second kappa shape index (κ2) is 43.2. The molecule has 28 nitrogen and oxygen atoms in total. The van der Waals surface area contributed by atoms with Gasteiger partial charge in [-0.2, -0.15) is 0 Å². The van der Waals surface area contributed by atoms with Gasteiger partial charge in [-0.3, -0.25) is 38.4 Å². The van der Waals surface area contributed by atoms with Gasteiger partial charge in [-0.25, -0.2) is 9.83 Å². The van der Waals surface area contributed by atoms with Crippen LogP contribution in [0.5, 0.6) is 0 Å². The molecular weight excluding hydrogens is 1910 g/mol. The minimum Gasteiger partial charge on any atom is -0.396 e. The monoisotopic (exact) mass is 2000 g/mol. The van der Waals surface area contributed by atoms with E-state index in [0.717, 1.165) is 175 Å². The summed E-state index contributed by atoms with van der Waals surface area (Å²) in [6, 6.07) is 45.1. The van der Waals surface area contributed by atoms with Crippen molar-refractivity contribution in [2.45, 2.75) is 49.1 Å². The summed E-state index contributed by atoms with van der Waals surface area (Å²) in [5, 5.41) is 33.9. The number of thiophene rings is 4. The van der Waals surface area contributed by atoms with E-state index in [1.807, 2.05) is 72.8 Å². The Kier molecular flexibility index (Phi) is 30.7. The van der Waals surface area contributed by atoms with E-state index in [2.05, 4.69) is 91.2 Å². The van der Waals surface area contributed by atoms with Crippen molar-refractivity contribution < 1.29 is 62.4 Å². The second-order valence-corrected chi connectivity index (χ2v) is 39.8. The number of amides is 6. The van der Waals surface area contributed by atoms with Crippen LogP contribution in [0.3, 0.4) is 0 Å². The van der Waals surface area contributed by atoms with Gasteiger partial charge in [-0.15, -0.1) is 45.3 Å². The van der Waals surface area contributed by atoms with Crippen molar-refractivity contribution in [3.63, 3.8) is 0 Å². The van der Waals surface area contributed by atoms with Crippen LogP contribution < -0.4 is 62.4 Å². The molecular formula is C96H93Cl5N14O14S5. The number of ketones is 1. The lowest BCUT2D eigenvalue weighted by atomic mass is 9.82. The fourth-order valence-electron chi connectivity index (χ4n) is 17.6. The fraction of sp³-hybridized carbons (Fsp3) is 0.333. The third kappa shape index (κ3) is 20.9. The maximum Gasteiger partial charge on any atom is 0.268 e. The molecule has 6 amide bonds. The van der Waals surface area contributed by atoms with Crippen LogP contribution in [0.25, 0.3) is 36.8 Å². The van der Waals surface area contributed by atoms with E-state index in [1.54, 1.807) is 60.8 Å². The number of aromatic nitrogens is 2. The van der Waals surface area contributed by atoms with Crippen LogP contribution in [0.1, 0.15) is 147 Å². The molecule has 1 aliphatic carbocycles. The number of primary amides is 1. The second-order valence-electron chi connectivity index (χ2n) is 32.6. The molecule has 0 saturated carbocycles. The number of nitrogens with two attached hydrogens (primary N) is 1. The van der Waals surface area contributed by atoms with Crippen molar-refractivity contribution in [1.82, 2.24) is 36.6 Å². The number of benzene rings is 6. The average molecular weight is 2000 g/mol. The largest absolute Gasteiger partial charge is 0.396 e. The van der Waals surface area contributed by atoms with Gasteiger partial charge >= 0.3 is 0 Å². The third-order valence-electron chi connectivity index (χ3n) is 24.4. The molecule has 0 spiro atoms. The Bertz CT molecular complexity index is 6510. The number of nitrogens with zero attached hydrogens (tertiary/aromatic N) is 7. The van der Waals surface area contributed by atoms with E-state index in [1.165, 1.54) is 45.3 Å². The standard InChI is InChI=1S/C21H24ClN3O4S.C21H17N3O2S.C19H18ClN3O3S.C18H19ClN4O3S.C17H15Cl2NO2S/c22-14-4-2-13(3-5-14)17-15-12-16(25-7-10-29-11-8-25)30-19(15)21(28)24-18(17)20(27)23-6-1-9-26;1-22-18-16-17(15-7-6-13-4-2-3-5-14(13)12-15)23-20(25)19(16)27-21(18)24-8-10-26-11-9-24;1-21-18(24)16-15(11-2-4-12(20)5-3-11)13-10-14(23-6-8-26-9-7-23)27-17(13)19(25)22-16;19-13-2-1-10(9-12(13)16(20)24)11-3-4-21-17(25)15-14(11)22-18(27-15)23-5-7-26-8-6-23;18-13-2-1-10(7-14(13)19)11-8-15(21)17-12(11)9-16(23-17)20-3-5-22-6-4-20/h2-5,12,17-18,26H,1,6-11H2,(H,23,27)(H,24,28);2-7,12,17H,8-11H2,(H,23,25);2-5,10H,6-9H2,1H3,(H,21,24)(H,22,25);1-2,9,11H,3-8H2,(H2,20,24)(H,21,25);1-2,7,9,11H,3-6,8H2/t17-,18-;;;;/m1..../s1. The molecule has 0 radical (unpaired) electrons. The van der Waals surface area contributed by atoms with Gasteiger partial charge < -0.3 is 90.6 Å². The Labute approximate surface area is 816 Å². The number of pyridine rings is 1. The summed E-state index contributed by atoms with van der Waals surface area (Å²) in [5.74, 6) is -1.72. The van der Waals surface area contributed by atoms with E-state index in [0.29, 0.717) is 141 Å². The lowest BCUT2D eigenvalue weighted by Gasteiger charge is -2.32. The van der Waals surface area contributed by atoms with E-state index in [-0.39, 0.29) is 82.5 Å². The molecule has 5 saturated heterocycles. The number of rotatable bonds is 16. The smallest absolute Gasteiger partial charge is 0.268 e. The lowest BCUT2D eigenvalue weighted by molar-refractivity contribution is -0.123. The Morgan fingerprint density at radius 1 is 0.560 bits per heavy atom. The Balaban J connectivity index is 0.000000117. The first-order valence-corrected chi connectivity index (χ1v) is 49.8. The van der Waals surface area contributed by atoms with Crippen LogP contribution in [0.2, 0.25) is 25.1 Å². The van der Waals surface area contributed by atoms with Crippen LogP contribution in [-0.2, 0) is 28.5 Å². The predicted molar refractivity (Wildman–Crippen MR) is 531 cm³/mol. The van der Waals surface area contributed by atoms with Crippen LogP contribution in [0, 0.1) is 6.57 Å². The number of aromatic amines is 1. The van der Waals surface area contributed by atoms with Crippen molar-refractivity contribution in [2.75, 3.05) is 183 Å². The number of ether oxygens (including phenoxy) is 5. The number of Topliss-reactive ketones (excluding diaryl/α,β-unsaturated/α-hetero) is 1. The SMILES string of the molecule is CNC(=O)c1[nH]c(=O)c2sc(N3CCOCC3)cc2c1-c1ccc(Cl)cc1.NC(=O)c1cc(C2CCNC(=O)c3sc(N4CCOCC4)nc32)ccc1Cl.O=C1CC(c2ccc(Cl)c(Cl)c2)c2cc(N3CCOCC3)sc21.O=C1N[C@@H](C(=O)NCCCO)[C@H](c2ccc(Cl)cc2)c2cc(N3CCOCC3)sc21.[C-]#[N+]c1c(N2CCOCC2)sc2c1C(c1ccc3ccccc3c1)NC2=O. The van der Waals surface area contributed by atoms with Crippen LogP contribution in [0.15, 0.2) is 150 Å². The number of fused-ring (bicyclic) bond motifs is 6. The zero-order chi connectivity index (χ0) is 93.4. The zero-order valence-electron chi connectivity index (χ0n) is 72.5. The van der Waals surface area contributed by atoms with E-state index in [4.69, 9.17) is 104 Å². The number of hydrogen-bond donors (Lipinski definition) is 8. The minimum atomic E-state index is -0.739. The maximum absolute atomic E-state index is 12.9. The van der Waals surface area contributed by atoms with E-state index < -0.39 is 11.9 Å². The molecule has 6 aromatic carbocycles. The van der Waals surface area contributed by atoms with Crippen molar-refractivity contribution in [3.05, 3.63) is 268 Å². The van der Waals surface area contributed by atoms with Crippen LogP contribution in [-0.4, -0.2) is 221 Å². The summed E-state index contributed by atoms with van der Waals surface area (Å²) < 4.78 is 27.7. The normalized spacial score (nSPS) is 19.1. The van der Waals surface area contributed by atoms with Gasteiger partial charge in [0.2, 0.25) is 17.5 Å². The highest BCUT2D eigenvalue weighted by Crippen LogP contribution is 2.52. The molecule has 134 heavy (non-hydrogen) atoms. The van der Waals surface area contributed by atoms with Gasteiger partial charge in [-0.1, -0.05) is 142 Å². The van der Waals surface area contributed by atoms with Crippen molar-refractivity contribution in [2.24, 2.45) is 5.73 Å². The van der Waals surface area contributed by atoms with E-state index >= 15 is 0 Å². The van der Waals surface area contributed by atoms with Gasteiger partial charge in [0.1, 0.15) is 21.3 Å². The maximum atomic E-state index is 12.9. The van der Waals surface area contributed by atoms with Crippen LogP contribution in [0.4, 0.5) is 30.8 Å². The molecule has 9 aliphatic rings. The van der Waals surface area contributed by atoms with Gasteiger partial charge in [0.25, 0.3) is 29.2 Å². The number of aliphatic hydroxyl groups is 1. The third-order valence-corrected chi connectivity index (χ3v) is 32.0. The minimum absolute atomic E-state index is 0.00446. The summed E-state index contributed by atoms with van der Waals surface area (Å²) in [4.78, 5) is 125. The summed E-state index contributed by atoms with van der Waals surface area (Å²) in [7, 11) is 1.54. The molecule has 9 N–H and O–H groups in total. The molecule has 12 aromatic rings. The number of nitrogens with one attached hydrogen (secondary N) is 6. The van der Waals surface area contributed by atoms with Crippen molar-refractivity contribution in [3.8, 4) is 11.1 Å². The first-order valence-electron chi connectivity index (χ1n) is 43.8. The number of H-pyrrole nitrogens is 1.